The topological polar surface area (TPSA) is 69.7 Å². The van der Waals surface area contributed by atoms with Crippen LogP contribution in [0.15, 0.2) is 24.3 Å². The van der Waals surface area contributed by atoms with Gasteiger partial charge < -0.3 is 9.47 Å². The predicted molar refractivity (Wildman–Crippen MR) is 79.2 cm³/mol. The first kappa shape index (κ1) is 16.4. The van der Waals surface area contributed by atoms with Crippen molar-refractivity contribution in [1.82, 2.24) is 0 Å². The Hall–Kier alpha value is -2.01. The van der Waals surface area contributed by atoms with Crippen molar-refractivity contribution in [1.29, 1.82) is 0 Å². The third-order valence-electron chi connectivity index (χ3n) is 3.73. The van der Waals surface area contributed by atoms with Crippen molar-refractivity contribution < 1.29 is 23.9 Å². The molecule has 1 aliphatic rings. The second kappa shape index (κ2) is 7.31. The molecule has 2 unspecified atom stereocenters. The van der Waals surface area contributed by atoms with Crippen LogP contribution in [0.5, 0.6) is 0 Å². The van der Waals surface area contributed by atoms with E-state index in [9.17, 15) is 14.4 Å². The summed E-state index contributed by atoms with van der Waals surface area (Å²) in [7, 11) is 1.66. The van der Waals surface area contributed by atoms with E-state index in [0.29, 0.717) is 6.42 Å². The molecule has 118 valence electrons. The summed E-state index contributed by atoms with van der Waals surface area (Å²) in [5, 5.41) is 0. The van der Waals surface area contributed by atoms with E-state index in [1.807, 2.05) is 24.3 Å². The molecule has 0 N–H and O–H groups in total. The van der Waals surface area contributed by atoms with Gasteiger partial charge in [0.05, 0.1) is 12.5 Å². The lowest BCUT2D eigenvalue weighted by Gasteiger charge is -2.30. The van der Waals surface area contributed by atoms with Crippen molar-refractivity contribution in [2.24, 2.45) is 0 Å². The summed E-state index contributed by atoms with van der Waals surface area (Å²) in [5.41, 5.74) is 1.94. The first-order valence-corrected chi connectivity index (χ1v) is 7.33. The SMILES string of the molecule is COC1CCC(OC(=O)CC(=O)CC(C)=O)c2ccccc21. The molecular weight excluding hydrogens is 284 g/mol. The van der Waals surface area contributed by atoms with E-state index < -0.39 is 11.8 Å². The average Bonchev–Trinajstić information content (AvgIpc) is 2.46. The molecule has 0 aliphatic heterocycles. The molecule has 2 rings (SSSR count). The summed E-state index contributed by atoms with van der Waals surface area (Å²) in [5.74, 6) is -1.23. The molecule has 5 nitrogen and oxygen atoms in total. The highest BCUT2D eigenvalue weighted by molar-refractivity contribution is 6.04. The highest BCUT2D eigenvalue weighted by Gasteiger charge is 2.29. The monoisotopic (exact) mass is 304 g/mol. The van der Waals surface area contributed by atoms with Gasteiger partial charge in [-0.05, 0) is 30.9 Å². The Morgan fingerprint density at radius 1 is 1.05 bits per heavy atom. The van der Waals surface area contributed by atoms with Crippen LogP contribution in [0, 0.1) is 0 Å². The van der Waals surface area contributed by atoms with Crippen LogP contribution in [0.3, 0.4) is 0 Å². The molecule has 0 saturated carbocycles. The van der Waals surface area contributed by atoms with Crippen LogP contribution >= 0.6 is 0 Å². The zero-order chi connectivity index (χ0) is 16.1. The standard InChI is InChI=1S/C17H20O5/c1-11(18)9-12(19)10-17(20)22-16-8-7-15(21-2)13-5-3-4-6-14(13)16/h3-6,15-16H,7-10H2,1-2H3. The van der Waals surface area contributed by atoms with Crippen LogP contribution < -0.4 is 0 Å². The molecule has 0 fully saturated rings. The Kier molecular flexibility index (Phi) is 5.44. The van der Waals surface area contributed by atoms with Gasteiger partial charge in [-0.25, -0.2) is 0 Å². The van der Waals surface area contributed by atoms with Gasteiger partial charge in [-0.1, -0.05) is 24.3 Å². The maximum absolute atomic E-state index is 11.9. The van der Waals surface area contributed by atoms with Crippen LogP contribution in [0.2, 0.25) is 0 Å². The second-order valence-corrected chi connectivity index (χ2v) is 5.50. The van der Waals surface area contributed by atoms with E-state index in [2.05, 4.69) is 0 Å². The van der Waals surface area contributed by atoms with Crippen LogP contribution in [-0.4, -0.2) is 24.6 Å². The maximum Gasteiger partial charge on any atom is 0.313 e. The van der Waals surface area contributed by atoms with Gasteiger partial charge in [0.15, 0.2) is 5.78 Å². The highest BCUT2D eigenvalue weighted by Crippen LogP contribution is 2.39. The van der Waals surface area contributed by atoms with Gasteiger partial charge in [-0.3, -0.25) is 14.4 Å². The smallest absolute Gasteiger partial charge is 0.313 e. The quantitative estimate of drug-likeness (QED) is 0.597. The number of hydrogen-bond donors (Lipinski definition) is 0. The lowest BCUT2D eigenvalue weighted by Crippen LogP contribution is -2.21. The number of carbonyl (C=O) groups is 3. The Bertz CT molecular complexity index is 578. The van der Waals surface area contributed by atoms with Crippen LogP contribution in [0.4, 0.5) is 0 Å². The zero-order valence-electron chi connectivity index (χ0n) is 12.8. The predicted octanol–water partition coefficient (Wildman–Crippen LogP) is 2.69. The lowest BCUT2D eigenvalue weighted by molar-refractivity contribution is -0.152. The fourth-order valence-electron chi connectivity index (χ4n) is 2.78. The van der Waals surface area contributed by atoms with Gasteiger partial charge in [0.1, 0.15) is 18.3 Å². The molecular formula is C17H20O5. The summed E-state index contributed by atoms with van der Waals surface area (Å²) in [4.78, 5) is 34.3. The van der Waals surface area contributed by atoms with Crippen molar-refractivity contribution in [3.8, 4) is 0 Å². The van der Waals surface area contributed by atoms with E-state index in [1.54, 1.807) is 7.11 Å². The van der Waals surface area contributed by atoms with Crippen LogP contribution in [0.1, 0.15) is 55.9 Å². The van der Waals surface area contributed by atoms with Crippen LogP contribution in [0.25, 0.3) is 0 Å². The molecule has 2 atom stereocenters. The van der Waals surface area contributed by atoms with Crippen molar-refractivity contribution in [3.63, 3.8) is 0 Å². The van der Waals surface area contributed by atoms with Gasteiger partial charge in [0, 0.05) is 7.11 Å². The number of carbonyl (C=O) groups excluding carboxylic acids is 3. The first-order chi connectivity index (χ1) is 10.5. The van der Waals surface area contributed by atoms with E-state index in [-0.39, 0.29) is 30.8 Å². The minimum atomic E-state index is -0.582. The molecule has 1 aromatic carbocycles. The molecule has 1 aromatic rings. The molecule has 1 aliphatic carbocycles. The second-order valence-electron chi connectivity index (χ2n) is 5.50. The largest absolute Gasteiger partial charge is 0.457 e. The number of esters is 1. The Balaban J connectivity index is 2.03. The molecule has 0 heterocycles. The van der Waals surface area contributed by atoms with Crippen LogP contribution in [-0.2, 0) is 23.9 Å². The third kappa shape index (κ3) is 4.01. The normalized spacial score (nSPS) is 20.1. The fourth-order valence-corrected chi connectivity index (χ4v) is 2.78. The number of fused-ring (bicyclic) bond motifs is 1. The molecule has 0 radical (unpaired) electrons. The summed E-state index contributed by atoms with van der Waals surface area (Å²) < 4.78 is 10.9. The van der Waals surface area contributed by atoms with Gasteiger partial charge >= 0.3 is 5.97 Å². The minimum Gasteiger partial charge on any atom is -0.457 e. The lowest BCUT2D eigenvalue weighted by atomic mass is 9.87. The van der Waals surface area contributed by atoms with E-state index >= 15 is 0 Å². The molecule has 22 heavy (non-hydrogen) atoms. The van der Waals surface area contributed by atoms with Gasteiger partial charge in [0.2, 0.25) is 0 Å². The molecule has 0 saturated heterocycles. The Labute approximate surface area is 129 Å². The number of benzene rings is 1. The summed E-state index contributed by atoms with van der Waals surface area (Å²) >= 11 is 0. The van der Waals surface area contributed by atoms with Crippen molar-refractivity contribution in [2.75, 3.05) is 7.11 Å². The molecule has 0 aromatic heterocycles. The Morgan fingerprint density at radius 2 is 1.64 bits per heavy atom. The molecule has 0 bridgehead atoms. The third-order valence-corrected chi connectivity index (χ3v) is 3.73. The zero-order valence-corrected chi connectivity index (χ0v) is 12.8. The summed E-state index contributed by atoms with van der Waals surface area (Å²) in [6.45, 7) is 1.32. The molecule has 5 heteroatoms. The Morgan fingerprint density at radius 3 is 2.23 bits per heavy atom. The van der Waals surface area contributed by atoms with Gasteiger partial charge in [-0.2, -0.15) is 0 Å². The van der Waals surface area contributed by atoms with Crippen molar-refractivity contribution >= 4 is 17.5 Å². The summed E-state index contributed by atoms with van der Waals surface area (Å²) in [6.07, 6.45) is 0.481. The molecule has 0 spiro atoms. The fraction of sp³-hybridized carbons (Fsp3) is 0.471. The van der Waals surface area contributed by atoms with E-state index in [4.69, 9.17) is 9.47 Å². The number of methoxy groups -OCH3 is 1. The van der Waals surface area contributed by atoms with Crippen molar-refractivity contribution in [2.45, 2.75) is 44.8 Å². The van der Waals surface area contributed by atoms with Gasteiger partial charge in [-0.15, -0.1) is 0 Å². The molecule has 0 amide bonds. The highest BCUT2D eigenvalue weighted by atomic mass is 16.5. The average molecular weight is 304 g/mol. The number of hydrogen-bond acceptors (Lipinski definition) is 5. The summed E-state index contributed by atoms with van der Waals surface area (Å²) in [6, 6.07) is 7.68. The van der Waals surface area contributed by atoms with Crippen molar-refractivity contribution in [3.05, 3.63) is 35.4 Å². The minimum absolute atomic E-state index is 0.00509. The number of ether oxygens (including phenoxy) is 2. The number of ketones is 2. The maximum atomic E-state index is 11.9. The van der Waals surface area contributed by atoms with Gasteiger partial charge in [0.25, 0.3) is 0 Å². The van der Waals surface area contributed by atoms with E-state index in [1.165, 1.54) is 6.92 Å². The number of Topliss-reactive ketones (excluding diaryl/α,β-unsaturated/α-hetero) is 2. The number of rotatable bonds is 6. The van der Waals surface area contributed by atoms with E-state index in [0.717, 1.165) is 17.5 Å². The first-order valence-electron chi connectivity index (χ1n) is 7.33.